The number of amides is 1. The molecule has 0 bridgehead atoms. The molecule has 2 saturated heterocycles. The highest BCUT2D eigenvalue weighted by atomic mass is 16.5. The number of piperazine rings is 1. The van der Waals surface area contributed by atoms with Gasteiger partial charge in [0.15, 0.2) is 0 Å². The molecule has 0 radical (unpaired) electrons. The molecule has 0 spiro atoms. The van der Waals surface area contributed by atoms with Crippen molar-refractivity contribution in [1.29, 1.82) is 0 Å². The van der Waals surface area contributed by atoms with Crippen molar-refractivity contribution in [3.8, 4) is 5.75 Å². The van der Waals surface area contributed by atoms with Gasteiger partial charge in [-0.05, 0) is 44.2 Å². The Morgan fingerprint density at radius 1 is 1.00 bits per heavy atom. The summed E-state index contributed by atoms with van der Waals surface area (Å²) in [6, 6.07) is 8.05. The van der Waals surface area contributed by atoms with Gasteiger partial charge in [-0.3, -0.25) is 9.69 Å². The van der Waals surface area contributed by atoms with E-state index in [-0.39, 0.29) is 5.91 Å². The summed E-state index contributed by atoms with van der Waals surface area (Å²) in [6.45, 7) is 6.36. The smallest absolute Gasteiger partial charge is 0.253 e. The summed E-state index contributed by atoms with van der Waals surface area (Å²) >= 11 is 0. The summed E-state index contributed by atoms with van der Waals surface area (Å²) in [6.07, 6.45) is 2.18. The van der Waals surface area contributed by atoms with Crippen LogP contribution in [0.2, 0.25) is 0 Å². The van der Waals surface area contributed by atoms with Crippen molar-refractivity contribution in [2.45, 2.75) is 18.9 Å². The monoisotopic (exact) mass is 317 g/mol. The summed E-state index contributed by atoms with van der Waals surface area (Å²) in [5.41, 5.74) is 0.754. The second-order valence-electron chi connectivity index (χ2n) is 6.59. The van der Waals surface area contributed by atoms with E-state index in [4.69, 9.17) is 4.74 Å². The van der Waals surface area contributed by atoms with E-state index in [1.165, 1.54) is 0 Å². The van der Waals surface area contributed by atoms with E-state index in [0.29, 0.717) is 6.04 Å². The van der Waals surface area contributed by atoms with Crippen LogP contribution in [0.15, 0.2) is 24.3 Å². The number of piperidine rings is 1. The van der Waals surface area contributed by atoms with Gasteiger partial charge in [0, 0.05) is 50.9 Å². The molecule has 2 aliphatic heterocycles. The Hall–Kier alpha value is -1.59. The molecule has 0 aliphatic carbocycles. The zero-order valence-electron chi connectivity index (χ0n) is 14.2. The van der Waals surface area contributed by atoms with Gasteiger partial charge < -0.3 is 14.5 Å². The van der Waals surface area contributed by atoms with Crippen molar-refractivity contribution in [2.24, 2.45) is 0 Å². The van der Waals surface area contributed by atoms with Gasteiger partial charge in [-0.2, -0.15) is 0 Å². The van der Waals surface area contributed by atoms with Crippen LogP contribution in [0.25, 0.3) is 0 Å². The molecule has 1 amide bonds. The van der Waals surface area contributed by atoms with E-state index in [0.717, 1.165) is 63.4 Å². The largest absolute Gasteiger partial charge is 0.497 e. The molecule has 5 heteroatoms. The number of ether oxygens (including phenoxy) is 1. The number of hydrogen-bond acceptors (Lipinski definition) is 4. The minimum atomic E-state index is 0.143. The molecule has 0 saturated carbocycles. The fraction of sp³-hybridized carbons (Fsp3) is 0.611. The molecule has 3 rings (SSSR count). The number of likely N-dealkylation sites (N-methyl/N-ethyl adjacent to an activating group) is 1. The van der Waals surface area contributed by atoms with Crippen molar-refractivity contribution in [1.82, 2.24) is 14.7 Å². The Labute approximate surface area is 138 Å². The number of rotatable bonds is 3. The Balaban J connectivity index is 1.52. The molecule has 23 heavy (non-hydrogen) atoms. The number of benzene rings is 1. The molecule has 0 atom stereocenters. The molecular formula is C18H27N3O2. The first-order valence-electron chi connectivity index (χ1n) is 8.53. The van der Waals surface area contributed by atoms with Crippen molar-refractivity contribution in [3.63, 3.8) is 0 Å². The lowest BCUT2D eigenvalue weighted by molar-refractivity contribution is 0.0519. The highest BCUT2D eigenvalue weighted by molar-refractivity contribution is 5.94. The Morgan fingerprint density at radius 3 is 2.17 bits per heavy atom. The van der Waals surface area contributed by atoms with Crippen molar-refractivity contribution in [2.75, 3.05) is 53.4 Å². The lowest BCUT2D eigenvalue weighted by atomic mass is 10.0. The van der Waals surface area contributed by atoms with Gasteiger partial charge in [-0.25, -0.2) is 0 Å². The molecule has 2 fully saturated rings. The molecular weight excluding hydrogens is 290 g/mol. The fourth-order valence-electron chi connectivity index (χ4n) is 3.54. The quantitative estimate of drug-likeness (QED) is 0.847. The molecule has 0 aromatic heterocycles. The van der Waals surface area contributed by atoms with E-state index >= 15 is 0 Å². The van der Waals surface area contributed by atoms with Gasteiger partial charge in [0.1, 0.15) is 5.75 Å². The summed E-state index contributed by atoms with van der Waals surface area (Å²) in [5, 5.41) is 0. The number of likely N-dealkylation sites (tertiary alicyclic amines) is 1. The van der Waals surface area contributed by atoms with Crippen molar-refractivity contribution >= 4 is 5.91 Å². The number of nitrogens with zero attached hydrogens (tertiary/aromatic N) is 3. The maximum atomic E-state index is 12.6. The summed E-state index contributed by atoms with van der Waals surface area (Å²) < 4.78 is 5.15. The van der Waals surface area contributed by atoms with Crippen LogP contribution >= 0.6 is 0 Å². The van der Waals surface area contributed by atoms with E-state index < -0.39 is 0 Å². The molecule has 2 aliphatic rings. The van der Waals surface area contributed by atoms with Crippen LogP contribution in [-0.2, 0) is 0 Å². The molecule has 5 nitrogen and oxygen atoms in total. The van der Waals surface area contributed by atoms with Crippen LogP contribution in [0.1, 0.15) is 23.2 Å². The minimum Gasteiger partial charge on any atom is -0.497 e. The third kappa shape index (κ3) is 3.85. The number of methoxy groups -OCH3 is 1. The van der Waals surface area contributed by atoms with E-state index in [2.05, 4.69) is 16.8 Å². The van der Waals surface area contributed by atoms with Crippen LogP contribution in [0, 0.1) is 0 Å². The first-order valence-corrected chi connectivity index (χ1v) is 8.53. The van der Waals surface area contributed by atoms with E-state index in [1.54, 1.807) is 7.11 Å². The first kappa shape index (κ1) is 16.3. The van der Waals surface area contributed by atoms with Crippen LogP contribution in [-0.4, -0.2) is 80.1 Å². The summed E-state index contributed by atoms with van der Waals surface area (Å²) in [4.78, 5) is 19.6. The van der Waals surface area contributed by atoms with Crippen molar-refractivity contribution in [3.05, 3.63) is 29.8 Å². The fourth-order valence-corrected chi connectivity index (χ4v) is 3.54. The predicted octanol–water partition coefficient (Wildman–Crippen LogP) is 1.55. The van der Waals surface area contributed by atoms with Crippen LogP contribution in [0.5, 0.6) is 5.75 Å². The average molecular weight is 317 g/mol. The molecule has 0 N–H and O–H groups in total. The highest BCUT2D eigenvalue weighted by Crippen LogP contribution is 2.20. The first-order chi connectivity index (χ1) is 11.2. The number of carbonyl (C=O) groups excluding carboxylic acids is 1. The van der Waals surface area contributed by atoms with Gasteiger partial charge in [0.2, 0.25) is 0 Å². The summed E-state index contributed by atoms with van der Waals surface area (Å²) in [5.74, 6) is 0.930. The zero-order chi connectivity index (χ0) is 16.2. The lowest BCUT2D eigenvalue weighted by Crippen LogP contribution is -2.52. The lowest BCUT2D eigenvalue weighted by Gasteiger charge is -2.42. The topological polar surface area (TPSA) is 36.0 Å². The van der Waals surface area contributed by atoms with Crippen LogP contribution in [0.3, 0.4) is 0 Å². The summed E-state index contributed by atoms with van der Waals surface area (Å²) in [7, 11) is 3.83. The van der Waals surface area contributed by atoms with E-state index in [1.807, 2.05) is 29.2 Å². The zero-order valence-corrected chi connectivity index (χ0v) is 14.2. The van der Waals surface area contributed by atoms with Crippen molar-refractivity contribution < 1.29 is 9.53 Å². The van der Waals surface area contributed by atoms with Gasteiger partial charge in [0.25, 0.3) is 5.91 Å². The predicted molar refractivity (Wildman–Crippen MR) is 91.0 cm³/mol. The van der Waals surface area contributed by atoms with Gasteiger partial charge in [-0.15, -0.1) is 0 Å². The Bertz CT molecular complexity index is 516. The number of carbonyl (C=O) groups is 1. The third-order valence-electron chi connectivity index (χ3n) is 5.14. The van der Waals surface area contributed by atoms with Crippen LogP contribution in [0.4, 0.5) is 0 Å². The molecule has 0 unspecified atom stereocenters. The van der Waals surface area contributed by atoms with Gasteiger partial charge in [-0.1, -0.05) is 0 Å². The van der Waals surface area contributed by atoms with Gasteiger partial charge in [0.05, 0.1) is 7.11 Å². The van der Waals surface area contributed by atoms with Gasteiger partial charge >= 0.3 is 0 Å². The molecule has 2 heterocycles. The molecule has 1 aromatic rings. The van der Waals surface area contributed by atoms with Crippen LogP contribution < -0.4 is 4.74 Å². The number of hydrogen-bond donors (Lipinski definition) is 0. The maximum absolute atomic E-state index is 12.6. The minimum absolute atomic E-state index is 0.143. The average Bonchev–Trinajstić information content (AvgIpc) is 2.62. The normalized spacial score (nSPS) is 21.4. The maximum Gasteiger partial charge on any atom is 0.253 e. The second kappa shape index (κ2) is 7.32. The second-order valence-corrected chi connectivity index (χ2v) is 6.59. The third-order valence-corrected chi connectivity index (χ3v) is 5.14. The standard InChI is InChI=1S/C18H27N3O2/c1-19-11-13-20(14-12-19)16-7-9-21(10-8-16)18(22)15-3-5-17(23-2)6-4-15/h3-6,16H,7-14H2,1-2H3. The SMILES string of the molecule is COc1ccc(C(=O)N2CCC(N3CCN(C)CC3)CC2)cc1. The Kier molecular flexibility index (Phi) is 5.18. The molecule has 126 valence electrons. The van der Waals surface area contributed by atoms with E-state index in [9.17, 15) is 4.79 Å². The highest BCUT2D eigenvalue weighted by Gasteiger charge is 2.28. The Morgan fingerprint density at radius 2 is 1.61 bits per heavy atom. The molecule has 1 aromatic carbocycles.